The fourth-order valence-corrected chi connectivity index (χ4v) is 5.71. The average molecular weight is 492 g/mol. The Morgan fingerprint density at radius 3 is 2.34 bits per heavy atom. The summed E-state index contributed by atoms with van der Waals surface area (Å²) < 4.78 is 5.92. The SMILES string of the molecule is Cc1ccc(C(CC(N)=O)N2CC3CN(C(=O)c4cc(-c5ccccc5)oc4C)CC3C2)cc1Cl. The van der Waals surface area contributed by atoms with E-state index in [4.69, 9.17) is 21.8 Å². The second kappa shape index (κ2) is 9.51. The normalized spacial score (nSPS) is 20.7. The largest absolute Gasteiger partial charge is 0.461 e. The van der Waals surface area contributed by atoms with Gasteiger partial charge in [-0.3, -0.25) is 14.5 Å². The number of fused-ring (bicyclic) bond motifs is 1. The molecule has 6 nitrogen and oxygen atoms in total. The van der Waals surface area contributed by atoms with Gasteiger partial charge in [0.1, 0.15) is 11.5 Å². The van der Waals surface area contributed by atoms with Crippen LogP contribution in [-0.4, -0.2) is 47.8 Å². The number of hydrogen-bond acceptors (Lipinski definition) is 4. The Morgan fingerprint density at radius 2 is 1.71 bits per heavy atom. The van der Waals surface area contributed by atoms with Crippen LogP contribution in [0.2, 0.25) is 5.02 Å². The van der Waals surface area contributed by atoms with Gasteiger partial charge in [-0.25, -0.2) is 0 Å². The lowest BCUT2D eigenvalue weighted by atomic mass is 10.0. The lowest BCUT2D eigenvalue weighted by Gasteiger charge is -2.29. The fourth-order valence-electron chi connectivity index (χ4n) is 5.52. The van der Waals surface area contributed by atoms with Gasteiger partial charge in [-0.1, -0.05) is 54.1 Å². The summed E-state index contributed by atoms with van der Waals surface area (Å²) in [5.74, 6) is 1.76. The van der Waals surface area contributed by atoms with E-state index < -0.39 is 0 Å². The summed E-state index contributed by atoms with van der Waals surface area (Å²) in [5, 5.41) is 0.693. The van der Waals surface area contributed by atoms with Gasteiger partial charge in [0.05, 0.1) is 5.56 Å². The van der Waals surface area contributed by atoms with Gasteiger partial charge in [0.15, 0.2) is 0 Å². The molecule has 0 spiro atoms. The summed E-state index contributed by atoms with van der Waals surface area (Å²) >= 11 is 6.38. The van der Waals surface area contributed by atoms with Crippen molar-refractivity contribution < 1.29 is 14.0 Å². The van der Waals surface area contributed by atoms with Gasteiger partial charge in [0.2, 0.25) is 5.91 Å². The molecule has 2 aromatic carbocycles. The predicted molar refractivity (Wildman–Crippen MR) is 136 cm³/mol. The molecule has 182 valence electrons. The number of aryl methyl sites for hydroxylation is 2. The zero-order chi connectivity index (χ0) is 24.7. The highest BCUT2D eigenvalue weighted by Crippen LogP contribution is 2.39. The number of furan rings is 1. The van der Waals surface area contributed by atoms with E-state index in [1.165, 1.54) is 0 Å². The van der Waals surface area contributed by atoms with Crippen LogP contribution in [0.25, 0.3) is 11.3 Å². The third-order valence-electron chi connectivity index (χ3n) is 7.42. The quantitative estimate of drug-likeness (QED) is 0.535. The van der Waals surface area contributed by atoms with Crippen molar-refractivity contribution in [2.75, 3.05) is 26.2 Å². The molecule has 3 unspecified atom stereocenters. The van der Waals surface area contributed by atoms with E-state index in [0.29, 0.717) is 47.0 Å². The monoisotopic (exact) mass is 491 g/mol. The lowest BCUT2D eigenvalue weighted by Crippen LogP contribution is -2.36. The van der Waals surface area contributed by atoms with E-state index in [9.17, 15) is 9.59 Å². The summed E-state index contributed by atoms with van der Waals surface area (Å²) in [6, 6.07) is 17.5. The van der Waals surface area contributed by atoms with E-state index in [-0.39, 0.29) is 24.3 Å². The van der Waals surface area contributed by atoms with Crippen LogP contribution in [0.15, 0.2) is 59.0 Å². The molecule has 2 saturated heterocycles. The van der Waals surface area contributed by atoms with E-state index in [1.54, 1.807) is 0 Å². The molecule has 2 aliphatic heterocycles. The highest BCUT2D eigenvalue weighted by atomic mass is 35.5. The molecule has 3 atom stereocenters. The molecule has 0 radical (unpaired) electrons. The molecule has 2 fully saturated rings. The molecule has 5 rings (SSSR count). The van der Waals surface area contributed by atoms with Crippen LogP contribution in [0.5, 0.6) is 0 Å². The zero-order valence-corrected chi connectivity index (χ0v) is 20.8. The van der Waals surface area contributed by atoms with Crippen molar-refractivity contribution >= 4 is 23.4 Å². The molecule has 0 saturated carbocycles. The first-order chi connectivity index (χ1) is 16.8. The molecule has 2 amide bonds. The van der Waals surface area contributed by atoms with Crippen LogP contribution >= 0.6 is 11.6 Å². The van der Waals surface area contributed by atoms with E-state index in [0.717, 1.165) is 29.8 Å². The first-order valence-electron chi connectivity index (χ1n) is 12.0. The smallest absolute Gasteiger partial charge is 0.257 e. The maximum atomic E-state index is 13.4. The number of hydrogen-bond donors (Lipinski definition) is 1. The number of halogens is 1. The molecule has 3 heterocycles. The van der Waals surface area contributed by atoms with Crippen molar-refractivity contribution in [3.05, 3.63) is 82.1 Å². The van der Waals surface area contributed by atoms with Gasteiger partial charge in [-0.2, -0.15) is 0 Å². The van der Waals surface area contributed by atoms with E-state index >= 15 is 0 Å². The van der Waals surface area contributed by atoms with Gasteiger partial charge < -0.3 is 15.1 Å². The minimum absolute atomic E-state index is 0.0217. The number of nitrogens with zero attached hydrogens (tertiary/aromatic N) is 2. The number of amides is 2. The molecular weight excluding hydrogens is 462 g/mol. The van der Waals surface area contributed by atoms with Gasteiger partial charge in [-0.05, 0) is 48.9 Å². The molecule has 0 aliphatic carbocycles. The molecule has 7 heteroatoms. The maximum absolute atomic E-state index is 13.4. The van der Waals surface area contributed by atoms with Crippen molar-refractivity contribution in [2.24, 2.45) is 17.6 Å². The molecule has 0 bridgehead atoms. The second-order valence-electron chi connectivity index (χ2n) is 9.83. The standard InChI is InChI=1S/C28H30ClN3O3/c1-17-8-9-20(10-24(17)29)25(12-27(30)33)31-13-21-15-32(16-22(21)14-31)28(34)23-11-26(35-18(23)2)19-6-4-3-5-7-19/h3-11,21-22,25H,12-16H2,1-2H3,(H2,30,33). The van der Waals surface area contributed by atoms with Crippen LogP contribution < -0.4 is 5.73 Å². The fraction of sp³-hybridized carbons (Fsp3) is 0.357. The summed E-state index contributed by atoms with van der Waals surface area (Å²) in [5.41, 5.74) is 9.21. The van der Waals surface area contributed by atoms with Gasteiger partial charge in [0.25, 0.3) is 5.91 Å². The predicted octanol–water partition coefficient (Wildman–Crippen LogP) is 4.84. The summed E-state index contributed by atoms with van der Waals surface area (Å²) in [4.78, 5) is 29.5. The first kappa shape index (κ1) is 23.6. The van der Waals surface area contributed by atoms with Gasteiger partial charge in [-0.15, -0.1) is 0 Å². The van der Waals surface area contributed by atoms with Crippen molar-refractivity contribution in [3.8, 4) is 11.3 Å². The summed E-state index contributed by atoms with van der Waals surface area (Å²) in [7, 11) is 0. The van der Waals surface area contributed by atoms with Crippen LogP contribution in [-0.2, 0) is 4.79 Å². The maximum Gasteiger partial charge on any atom is 0.257 e. The van der Waals surface area contributed by atoms with Crippen molar-refractivity contribution in [3.63, 3.8) is 0 Å². The molecule has 35 heavy (non-hydrogen) atoms. The number of primary amides is 1. The Morgan fingerprint density at radius 1 is 1.03 bits per heavy atom. The molecule has 2 aliphatic rings. The third kappa shape index (κ3) is 4.73. The Balaban J connectivity index is 1.29. The van der Waals surface area contributed by atoms with Crippen molar-refractivity contribution in [1.82, 2.24) is 9.80 Å². The molecule has 3 aromatic rings. The van der Waals surface area contributed by atoms with Gasteiger partial charge >= 0.3 is 0 Å². The summed E-state index contributed by atoms with van der Waals surface area (Å²) in [6.07, 6.45) is 0.248. The van der Waals surface area contributed by atoms with Crippen LogP contribution in [0, 0.1) is 25.7 Å². The number of benzene rings is 2. The van der Waals surface area contributed by atoms with Crippen LogP contribution in [0.1, 0.15) is 39.7 Å². The molecule has 1 aromatic heterocycles. The minimum atomic E-state index is -0.329. The number of rotatable bonds is 6. The van der Waals surface area contributed by atoms with Crippen LogP contribution in [0.3, 0.4) is 0 Å². The second-order valence-corrected chi connectivity index (χ2v) is 10.2. The van der Waals surface area contributed by atoms with Crippen molar-refractivity contribution in [1.29, 1.82) is 0 Å². The topological polar surface area (TPSA) is 79.8 Å². The van der Waals surface area contributed by atoms with Gasteiger partial charge in [0, 0.05) is 49.2 Å². The number of carbonyl (C=O) groups excluding carboxylic acids is 2. The van der Waals surface area contributed by atoms with E-state index in [1.807, 2.05) is 73.3 Å². The van der Waals surface area contributed by atoms with E-state index in [2.05, 4.69) is 4.90 Å². The number of nitrogens with two attached hydrogens (primary N) is 1. The minimum Gasteiger partial charge on any atom is -0.461 e. The molecular formula is C28H30ClN3O3. The lowest BCUT2D eigenvalue weighted by molar-refractivity contribution is -0.119. The third-order valence-corrected chi connectivity index (χ3v) is 7.83. The highest BCUT2D eigenvalue weighted by molar-refractivity contribution is 6.31. The zero-order valence-electron chi connectivity index (χ0n) is 20.0. The highest BCUT2D eigenvalue weighted by Gasteiger charge is 2.44. The average Bonchev–Trinajstić information content (AvgIpc) is 3.52. The number of carbonyl (C=O) groups is 2. The Labute approximate surface area is 210 Å². The summed E-state index contributed by atoms with van der Waals surface area (Å²) in [6.45, 7) is 6.84. The van der Waals surface area contributed by atoms with Crippen LogP contribution in [0.4, 0.5) is 0 Å². The Bertz CT molecular complexity index is 1240. The molecule has 2 N–H and O–H groups in total. The number of likely N-dealkylation sites (tertiary alicyclic amines) is 2. The Kier molecular flexibility index (Phi) is 6.43. The van der Waals surface area contributed by atoms with Crippen molar-refractivity contribution in [2.45, 2.75) is 26.3 Å². The Hall–Kier alpha value is -3.09. The first-order valence-corrected chi connectivity index (χ1v) is 12.4.